The highest BCUT2D eigenvalue weighted by molar-refractivity contribution is 5.93. The van der Waals surface area contributed by atoms with E-state index in [1.54, 1.807) is 18.5 Å². The van der Waals surface area contributed by atoms with Crippen molar-refractivity contribution >= 4 is 5.91 Å². The van der Waals surface area contributed by atoms with Crippen LogP contribution in [0.25, 0.3) is 11.1 Å². The molecule has 0 radical (unpaired) electrons. The number of carbonyl (C=O) groups is 1. The number of aromatic amines is 1. The van der Waals surface area contributed by atoms with E-state index in [1.807, 2.05) is 26.0 Å². The lowest BCUT2D eigenvalue weighted by atomic mass is 9.97. The molecule has 19 heavy (non-hydrogen) atoms. The Morgan fingerprint density at radius 2 is 1.95 bits per heavy atom. The van der Waals surface area contributed by atoms with E-state index < -0.39 is 11.5 Å². The summed E-state index contributed by atoms with van der Waals surface area (Å²) in [6, 6.07) is 5.19. The maximum Gasteiger partial charge on any atom is 0.261 e. The van der Waals surface area contributed by atoms with Crippen LogP contribution in [0.1, 0.15) is 35.8 Å². The average molecular weight is 257 g/mol. The molecule has 0 unspecified atom stereocenters. The van der Waals surface area contributed by atoms with Crippen molar-refractivity contribution < 1.29 is 4.79 Å². The van der Waals surface area contributed by atoms with Gasteiger partial charge < -0.3 is 10.7 Å². The van der Waals surface area contributed by atoms with Gasteiger partial charge in [0.05, 0.1) is 0 Å². The van der Waals surface area contributed by atoms with E-state index in [4.69, 9.17) is 5.73 Å². The van der Waals surface area contributed by atoms with Crippen LogP contribution in [0.5, 0.6) is 0 Å². The topological polar surface area (TPSA) is 88.8 Å². The van der Waals surface area contributed by atoms with Gasteiger partial charge in [-0.15, -0.1) is 0 Å². The van der Waals surface area contributed by atoms with Gasteiger partial charge in [0.15, 0.2) is 0 Å². The molecule has 3 N–H and O–H groups in total. The van der Waals surface area contributed by atoms with Crippen LogP contribution in [0.3, 0.4) is 0 Å². The fourth-order valence-corrected chi connectivity index (χ4v) is 1.95. The first-order chi connectivity index (χ1) is 9.00. The highest BCUT2D eigenvalue weighted by atomic mass is 16.2. The summed E-state index contributed by atoms with van der Waals surface area (Å²) in [7, 11) is 0. The third kappa shape index (κ3) is 2.54. The quantitative estimate of drug-likeness (QED) is 0.876. The molecule has 0 spiro atoms. The Kier molecular flexibility index (Phi) is 3.46. The minimum Gasteiger partial charge on any atom is -0.365 e. The largest absolute Gasteiger partial charge is 0.365 e. The van der Waals surface area contributed by atoms with E-state index in [1.165, 1.54) is 0 Å². The summed E-state index contributed by atoms with van der Waals surface area (Å²) < 4.78 is 0. The lowest BCUT2D eigenvalue weighted by Crippen LogP contribution is -2.25. The number of primary amides is 1. The molecule has 0 bridgehead atoms. The van der Waals surface area contributed by atoms with Crippen LogP contribution in [-0.4, -0.2) is 15.9 Å². The highest BCUT2D eigenvalue weighted by Crippen LogP contribution is 2.26. The van der Waals surface area contributed by atoms with E-state index >= 15 is 0 Å². The number of hydrogen-bond acceptors (Lipinski definition) is 3. The second kappa shape index (κ2) is 5.06. The molecule has 0 fully saturated rings. The van der Waals surface area contributed by atoms with Crippen molar-refractivity contribution in [2.45, 2.75) is 19.8 Å². The standard InChI is InChI=1S/C14H15N3O2/c1-8(2)12-10(9-3-5-16-6-4-9)7-11(13(15)18)14(19)17-12/h3-8H,1-2H3,(H2,15,18)(H,17,19). The molecule has 5 heteroatoms. The summed E-state index contributed by atoms with van der Waals surface area (Å²) in [4.78, 5) is 29.8. The van der Waals surface area contributed by atoms with Gasteiger partial charge in [0.25, 0.3) is 11.5 Å². The van der Waals surface area contributed by atoms with Crippen molar-refractivity contribution in [1.82, 2.24) is 9.97 Å². The minimum atomic E-state index is -0.730. The summed E-state index contributed by atoms with van der Waals surface area (Å²) >= 11 is 0. The zero-order valence-electron chi connectivity index (χ0n) is 10.8. The molecule has 1 amide bonds. The van der Waals surface area contributed by atoms with Crippen molar-refractivity contribution in [3.05, 3.63) is 52.2 Å². The maximum atomic E-state index is 11.8. The van der Waals surface area contributed by atoms with Crippen LogP contribution < -0.4 is 11.3 Å². The van der Waals surface area contributed by atoms with Gasteiger partial charge in [-0.25, -0.2) is 0 Å². The molecule has 0 saturated heterocycles. The van der Waals surface area contributed by atoms with Crippen LogP contribution in [0, 0.1) is 0 Å². The van der Waals surface area contributed by atoms with Crippen LogP contribution in [-0.2, 0) is 0 Å². The van der Waals surface area contributed by atoms with E-state index in [9.17, 15) is 9.59 Å². The molecule has 0 aliphatic rings. The monoisotopic (exact) mass is 257 g/mol. The second-order valence-electron chi connectivity index (χ2n) is 4.59. The van der Waals surface area contributed by atoms with Gasteiger partial charge in [-0.2, -0.15) is 0 Å². The molecule has 0 aromatic carbocycles. The maximum absolute atomic E-state index is 11.8. The SMILES string of the molecule is CC(C)c1[nH]c(=O)c(C(N)=O)cc1-c1ccncc1. The minimum absolute atomic E-state index is 0.0313. The number of amides is 1. The van der Waals surface area contributed by atoms with E-state index in [2.05, 4.69) is 9.97 Å². The van der Waals surface area contributed by atoms with Crippen molar-refractivity contribution in [2.75, 3.05) is 0 Å². The molecule has 0 aliphatic carbocycles. The Labute approximate surface area is 110 Å². The first-order valence-electron chi connectivity index (χ1n) is 5.98. The van der Waals surface area contributed by atoms with E-state index in [0.29, 0.717) is 0 Å². The molecular formula is C14H15N3O2. The number of aromatic nitrogens is 2. The summed E-state index contributed by atoms with van der Waals surface area (Å²) in [6.07, 6.45) is 3.32. The normalized spacial score (nSPS) is 10.7. The van der Waals surface area contributed by atoms with Crippen LogP contribution in [0.4, 0.5) is 0 Å². The van der Waals surface area contributed by atoms with Crippen LogP contribution in [0.2, 0.25) is 0 Å². The summed E-state index contributed by atoms with van der Waals surface area (Å²) in [6.45, 7) is 3.94. The predicted molar refractivity (Wildman–Crippen MR) is 72.9 cm³/mol. The number of nitrogens with zero attached hydrogens (tertiary/aromatic N) is 1. The number of pyridine rings is 2. The molecule has 2 aromatic heterocycles. The summed E-state index contributed by atoms with van der Waals surface area (Å²) in [5.74, 6) is -0.607. The third-order valence-corrected chi connectivity index (χ3v) is 2.91. The number of carbonyl (C=O) groups excluding carboxylic acids is 1. The second-order valence-corrected chi connectivity index (χ2v) is 4.59. The van der Waals surface area contributed by atoms with Gasteiger partial charge in [-0.05, 0) is 29.7 Å². The van der Waals surface area contributed by atoms with Gasteiger partial charge in [-0.1, -0.05) is 13.8 Å². The van der Waals surface area contributed by atoms with Crippen LogP contribution in [0.15, 0.2) is 35.4 Å². The highest BCUT2D eigenvalue weighted by Gasteiger charge is 2.15. The first-order valence-corrected chi connectivity index (χ1v) is 5.98. The lowest BCUT2D eigenvalue weighted by Gasteiger charge is -2.13. The Balaban J connectivity index is 2.73. The lowest BCUT2D eigenvalue weighted by molar-refractivity contribution is 0.0999. The van der Waals surface area contributed by atoms with Crippen LogP contribution >= 0.6 is 0 Å². The smallest absolute Gasteiger partial charge is 0.261 e. The number of hydrogen-bond donors (Lipinski definition) is 2. The zero-order valence-corrected chi connectivity index (χ0v) is 10.8. The number of H-pyrrole nitrogens is 1. The molecule has 0 atom stereocenters. The summed E-state index contributed by atoms with van der Waals surface area (Å²) in [5, 5.41) is 0. The molecule has 0 saturated carbocycles. The Morgan fingerprint density at radius 1 is 1.32 bits per heavy atom. The average Bonchev–Trinajstić information content (AvgIpc) is 2.38. The predicted octanol–water partition coefficient (Wildman–Crippen LogP) is 1.66. The van der Waals surface area contributed by atoms with Crippen molar-refractivity contribution in [1.29, 1.82) is 0 Å². The molecule has 0 aliphatic heterocycles. The Morgan fingerprint density at radius 3 is 2.47 bits per heavy atom. The number of rotatable bonds is 3. The van der Waals surface area contributed by atoms with Gasteiger partial charge in [0, 0.05) is 23.7 Å². The molecule has 2 rings (SSSR count). The molecule has 2 heterocycles. The van der Waals surface area contributed by atoms with E-state index in [-0.39, 0.29) is 11.5 Å². The van der Waals surface area contributed by atoms with Gasteiger partial charge >= 0.3 is 0 Å². The number of nitrogens with two attached hydrogens (primary N) is 1. The Hall–Kier alpha value is -2.43. The van der Waals surface area contributed by atoms with E-state index in [0.717, 1.165) is 16.8 Å². The Bertz CT molecular complexity index is 660. The fraction of sp³-hybridized carbons (Fsp3) is 0.214. The zero-order chi connectivity index (χ0) is 14.0. The molecule has 98 valence electrons. The van der Waals surface area contributed by atoms with Gasteiger partial charge in [-0.3, -0.25) is 14.6 Å². The summed E-state index contributed by atoms with van der Waals surface area (Å²) in [5.41, 5.74) is 7.20. The van der Waals surface area contributed by atoms with Crippen molar-refractivity contribution in [2.24, 2.45) is 5.73 Å². The number of nitrogens with one attached hydrogen (secondary N) is 1. The third-order valence-electron chi connectivity index (χ3n) is 2.91. The first kappa shape index (κ1) is 13.0. The van der Waals surface area contributed by atoms with Crippen molar-refractivity contribution in [3.63, 3.8) is 0 Å². The van der Waals surface area contributed by atoms with Gasteiger partial charge in [0.1, 0.15) is 5.56 Å². The fourth-order valence-electron chi connectivity index (χ4n) is 1.95. The molecule has 2 aromatic rings. The van der Waals surface area contributed by atoms with Gasteiger partial charge in [0.2, 0.25) is 0 Å². The molecule has 5 nitrogen and oxygen atoms in total. The molecular weight excluding hydrogens is 242 g/mol. The van der Waals surface area contributed by atoms with Crippen molar-refractivity contribution in [3.8, 4) is 11.1 Å².